The monoisotopic (exact) mass is 392 g/mol. The molecule has 0 unspecified atom stereocenters. The summed E-state index contributed by atoms with van der Waals surface area (Å²) in [5.41, 5.74) is 7.01. The van der Waals surface area contributed by atoms with Crippen LogP contribution in [0, 0.1) is 0 Å². The number of hydrogen-bond acceptors (Lipinski definition) is 4. The van der Waals surface area contributed by atoms with Crippen LogP contribution in [0.1, 0.15) is 82.2 Å². The lowest BCUT2D eigenvalue weighted by Crippen LogP contribution is -2.34. The van der Waals surface area contributed by atoms with Crippen molar-refractivity contribution < 1.29 is 10.2 Å². The van der Waals surface area contributed by atoms with Crippen molar-refractivity contribution in [2.75, 3.05) is 0 Å². The van der Waals surface area contributed by atoms with Gasteiger partial charge in [-0.05, 0) is 71.9 Å². The third kappa shape index (κ3) is 4.21. The number of benzene rings is 2. The summed E-state index contributed by atoms with van der Waals surface area (Å²) in [5, 5.41) is 27.9. The van der Waals surface area contributed by atoms with Crippen molar-refractivity contribution in [1.29, 1.82) is 0 Å². The molecule has 2 aromatic carbocycles. The second kappa shape index (κ2) is 7.66. The summed E-state index contributed by atoms with van der Waals surface area (Å²) in [6.45, 7) is 13.5. The maximum absolute atomic E-state index is 9.90. The molecular weight excluding hydrogens is 360 g/mol. The van der Waals surface area contributed by atoms with E-state index in [0.717, 1.165) is 17.7 Å². The summed E-state index contributed by atoms with van der Waals surface area (Å²) >= 11 is 0. The second-order valence-electron chi connectivity index (χ2n) is 9.35. The van der Waals surface area contributed by atoms with E-state index in [1.54, 1.807) is 6.07 Å². The van der Waals surface area contributed by atoms with Gasteiger partial charge in [0.1, 0.15) is 11.5 Å². The number of fused-ring (bicyclic) bond motifs is 1. The third-order valence-corrected chi connectivity index (χ3v) is 6.27. The average molecular weight is 393 g/mol. The molecule has 3 rings (SSSR count). The molecule has 1 aliphatic carbocycles. The van der Waals surface area contributed by atoms with Gasteiger partial charge in [0.15, 0.2) is 0 Å². The van der Waals surface area contributed by atoms with Gasteiger partial charge in [0.05, 0.1) is 11.9 Å². The van der Waals surface area contributed by atoms with Gasteiger partial charge in [-0.15, -0.1) is 0 Å². The van der Waals surface area contributed by atoms with Gasteiger partial charge in [-0.25, -0.2) is 0 Å². The molecule has 1 aliphatic rings. The van der Waals surface area contributed by atoms with E-state index in [0.29, 0.717) is 5.56 Å². The highest BCUT2D eigenvalue weighted by Gasteiger charge is 2.37. The Kier molecular flexibility index (Phi) is 5.57. The Labute approximate surface area is 174 Å². The zero-order chi connectivity index (χ0) is 21.4. The molecular formula is C25H32N2O2. The Hall–Kier alpha value is -2.62. The van der Waals surface area contributed by atoms with E-state index in [1.807, 2.05) is 6.92 Å². The summed E-state index contributed by atoms with van der Waals surface area (Å²) in [6, 6.07) is 9.11. The van der Waals surface area contributed by atoms with Crippen LogP contribution < -0.4 is 0 Å². The topological polar surface area (TPSA) is 65.2 Å². The molecule has 2 N–H and O–H groups in total. The van der Waals surface area contributed by atoms with Gasteiger partial charge >= 0.3 is 0 Å². The number of phenolic OH excluding ortho intramolecular Hbond substituents is 2. The number of hydrogen-bond donors (Lipinski definition) is 2. The molecule has 0 bridgehead atoms. The van der Waals surface area contributed by atoms with E-state index >= 15 is 0 Å². The zero-order valence-corrected chi connectivity index (χ0v) is 18.4. The van der Waals surface area contributed by atoms with E-state index in [1.165, 1.54) is 47.9 Å². The normalized spacial score (nSPS) is 18.1. The minimum atomic E-state index is -0.0198. The quantitative estimate of drug-likeness (QED) is 0.506. The molecule has 0 aromatic heterocycles. The van der Waals surface area contributed by atoms with Crippen molar-refractivity contribution in [2.24, 2.45) is 10.2 Å². The molecule has 0 saturated carbocycles. The Morgan fingerprint density at radius 3 is 2.21 bits per heavy atom. The molecule has 2 aromatic rings. The van der Waals surface area contributed by atoms with Gasteiger partial charge in [0.25, 0.3) is 0 Å². The largest absolute Gasteiger partial charge is 0.508 e. The molecule has 154 valence electrons. The van der Waals surface area contributed by atoms with Gasteiger partial charge in [-0.1, -0.05) is 40.7 Å². The van der Waals surface area contributed by atoms with Crippen molar-refractivity contribution in [2.45, 2.75) is 71.6 Å². The minimum Gasteiger partial charge on any atom is -0.508 e. The predicted octanol–water partition coefficient (Wildman–Crippen LogP) is 5.85. The van der Waals surface area contributed by atoms with Crippen molar-refractivity contribution in [3.63, 3.8) is 0 Å². The van der Waals surface area contributed by atoms with E-state index in [4.69, 9.17) is 0 Å². The van der Waals surface area contributed by atoms with Gasteiger partial charge in [0, 0.05) is 17.2 Å². The number of rotatable bonds is 4. The van der Waals surface area contributed by atoms with Crippen LogP contribution >= 0.6 is 0 Å². The summed E-state index contributed by atoms with van der Waals surface area (Å²) in [5.74, 6) is 0.000120. The van der Waals surface area contributed by atoms with Crippen molar-refractivity contribution >= 4 is 11.9 Å². The fourth-order valence-electron chi connectivity index (χ4n) is 4.16. The Balaban J connectivity index is 2.01. The first-order chi connectivity index (χ1) is 13.5. The molecule has 29 heavy (non-hydrogen) atoms. The maximum atomic E-state index is 9.90. The Bertz CT molecular complexity index is 985. The summed E-state index contributed by atoms with van der Waals surface area (Å²) in [7, 11) is 0. The number of aromatic hydroxyl groups is 2. The minimum absolute atomic E-state index is 0.0198. The van der Waals surface area contributed by atoms with Crippen LogP contribution in [0.25, 0.3) is 0 Å². The van der Waals surface area contributed by atoms with Crippen LogP contribution in [-0.2, 0) is 17.3 Å². The molecule has 0 saturated heterocycles. The highest BCUT2D eigenvalue weighted by atomic mass is 16.3. The van der Waals surface area contributed by atoms with E-state index < -0.39 is 0 Å². The van der Waals surface area contributed by atoms with Crippen LogP contribution in [0.15, 0.2) is 40.5 Å². The first-order valence-corrected chi connectivity index (χ1v) is 10.3. The molecule has 0 fully saturated rings. The third-order valence-electron chi connectivity index (χ3n) is 6.27. The van der Waals surface area contributed by atoms with Crippen LogP contribution in [0.3, 0.4) is 0 Å². The predicted molar refractivity (Wildman–Crippen MR) is 121 cm³/mol. The lowest BCUT2D eigenvalue weighted by atomic mass is 9.62. The number of aryl methyl sites for hydroxylation is 1. The molecule has 0 radical (unpaired) electrons. The van der Waals surface area contributed by atoms with Crippen LogP contribution in [0.2, 0.25) is 0 Å². The lowest BCUT2D eigenvalue weighted by molar-refractivity contribution is 0.331. The molecule has 0 aliphatic heterocycles. The highest BCUT2D eigenvalue weighted by Crippen LogP contribution is 2.46. The van der Waals surface area contributed by atoms with Crippen molar-refractivity contribution in [1.82, 2.24) is 0 Å². The molecule has 0 amide bonds. The zero-order valence-electron chi connectivity index (χ0n) is 18.4. The van der Waals surface area contributed by atoms with E-state index in [9.17, 15) is 10.2 Å². The van der Waals surface area contributed by atoms with Crippen LogP contribution in [0.5, 0.6) is 11.5 Å². The van der Waals surface area contributed by atoms with Gasteiger partial charge in [-0.3, -0.25) is 0 Å². The Morgan fingerprint density at radius 1 is 1.00 bits per heavy atom. The summed E-state index contributed by atoms with van der Waals surface area (Å²) < 4.78 is 0. The first-order valence-electron chi connectivity index (χ1n) is 10.3. The molecule has 4 heteroatoms. The first kappa shape index (κ1) is 21.1. The van der Waals surface area contributed by atoms with Crippen molar-refractivity contribution in [3.8, 4) is 11.5 Å². The SMILES string of the molecule is CCc1cc2c(cc1C(C)=NN=Cc1ccc(O)cc1O)C(C)(C)CCC2(C)C. The molecule has 0 heterocycles. The second-order valence-corrected chi connectivity index (χ2v) is 9.35. The fourth-order valence-corrected chi connectivity index (χ4v) is 4.16. The molecule has 0 atom stereocenters. The van der Waals surface area contributed by atoms with Gasteiger partial charge < -0.3 is 10.2 Å². The van der Waals surface area contributed by atoms with E-state index in [-0.39, 0.29) is 22.3 Å². The highest BCUT2D eigenvalue weighted by molar-refractivity contribution is 6.00. The molecule has 4 nitrogen and oxygen atoms in total. The standard InChI is InChI=1S/C25H32N2O2/c1-7-17-12-21-22(25(5,6)11-10-24(21,3)4)14-20(17)16(2)27-26-15-18-8-9-19(28)13-23(18)29/h8-9,12-15,28-29H,7,10-11H2,1-6H3. The summed E-state index contributed by atoms with van der Waals surface area (Å²) in [4.78, 5) is 0. The number of nitrogens with zero attached hydrogens (tertiary/aromatic N) is 2. The van der Waals surface area contributed by atoms with Gasteiger partial charge in [-0.2, -0.15) is 10.2 Å². The van der Waals surface area contributed by atoms with E-state index in [2.05, 4.69) is 57.0 Å². The average Bonchev–Trinajstić information content (AvgIpc) is 2.66. The molecule has 0 spiro atoms. The fraction of sp³-hybridized carbons (Fsp3) is 0.440. The lowest BCUT2D eigenvalue weighted by Gasteiger charge is -2.42. The smallest absolute Gasteiger partial charge is 0.128 e. The van der Waals surface area contributed by atoms with Crippen molar-refractivity contribution in [3.05, 3.63) is 58.1 Å². The van der Waals surface area contributed by atoms with Gasteiger partial charge in [0.2, 0.25) is 0 Å². The Morgan fingerprint density at radius 2 is 1.62 bits per heavy atom. The summed E-state index contributed by atoms with van der Waals surface area (Å²) in [6.07, 6.45) is 4.82. The van der Waals surface area contributed by atoms with Crippen LogP contribution in [0.4, 0.5) is 0 Å². The van der Waals surface area contributed by atoms with Crippen LogP contribution in [-0.4, -0.2) is 22.1 Å². The maximum Gasteiger partial charge on any atom is 0.128 e. The number of phenols is 2.